The molecule has 5 heterocycles. The van der Waals surface area contributed by atoms with Crippen molar-refractivity contribution < 1.29 is 14.0 Å². The summed E-state index contributed by atoms with van der Waals surface area (Å²) < 4.78 is 15.0. The highest BCUT2D eigenvalue weighted by Gasteiger charge is 2.12. The minimum atomic E-state index is -0.439. The Bertz CT molecular complexity index is 1550. The van der Waals surface area contributed by atoms with Crippen molar-refractivity contribution in [3.05, 3.63) is 88.8 Å². The van der Waals surface area contributed by atoms with Gasteiger partial charge in [0.05, 0.1) is 35.4 Å². The molecule has 0 aliphatic rings. The van der Waals surface area contributed by atoms with Crippen LogP contribution in [0.25, 0.3) is 5.52 Å². The van der Waals surface area contributed by atoms with Gasteiger partial charge in [-0.05, 0) is 61.7 Å². The zero-order valence-corrected chi connectivity index (χ0v) is 21.6. The number of hydrogen-bond donors (Lipinski definition) is 2. The van der Waals surface area contributed by atoms with E-state index in [4.69, 9.17) is 0 Å². The van der Waals surface area contributed by atoms with E-state index in [1.54, 1.807) is 10.6 Å². The molecule has 5 rings (SSSR count). The van der Waals surface area contributed by atoms with Gasteiger partial charge in [0, 0.05) is 18.8 Å². The topological polar surface area (TPSA) is 140 Å². The predicted molar refractivity (Wildman–Crippen MR) is 143 cm³/mol. The first-order valence-electron chi connectivity index (χ1n) is 12.3. The van der Waals surface area contributed by atoms with Crippen LogP contribution in [0.5, 0.6) is 0 Å². The van der Waals surface area contributed by atoms with Crippen LogP contribution in [0.1, 0.15) is 34.9 Å². The third kappa shape index (κ3) is 7.45. The molecule has 0 aromatic carbocycles. The molecular formula is C26H24FN9O2S. The van der Waals surface area contributed by atoms with Crippen LogP contribution in [0.4, 0.5) is 15.3 Å². The maximum absolute atomic E-state index is 13.2. The number of pyridine rings is 2. The predicted octanol–water partition coefficient (Wildman–Crippen LogP) is 3.44. The molecule has 0 fully saturated rings. The molecule has 198 valence electrons. The van der Waals surface area contributed by atoms with E-state index < -0.39 is 5.82 Å². The Morgan fingerprint density at radius 3 is 2.51 bits per heavy atom. The third-order valence-electron chi connectivity index (χ3n) is 5.66. The summed E-state index contributed by atoms with van der Waals surface area (Å²) in [5.74, 6) is -0.654. The molecule has 5 aromatic rings. The molecule has 2 amide bonds. The smallest absolute Gasteiger partial charge is 0.232 e. The Kier molecular flexibility index (Phi) is 8.17. The second kappa shape index (κ2) is 12.3. The van der Waals surface area contributed by atoms with Crippen LogP contribution in [-0.4, -0.2) is 46.8 Å². The molecule has 11 nitrogen and oxygen atoms in total. The van der Waals surface area contributed by atoms with Crippen molar-refractivity contribution in [3.8, 4) is 0 Å². The van der Waals surface area contributed by atoms with E-state index in [2.05, 4.69) is 41.1 Å². The number of fused-ring (bicyclic) bond motifs is 1. The summed E-state index contributed by atoms with van der Waals surface area (Å²) in [6.45, 7) is 0. The molecule has 0 radical (unpaired) electrons. The largest absolute Gasteiger partial charge is 0.309 e. The average Bonchev–Trinajstić information content (AvgIpc) is 3.53. The van der Waals surface area contributed by atoms with Crippen molar-refractivity contribution >= 4 is 39.6 Å². The lowest BCUT2D eigenvalue weighted by Crippen LogP contribution is -2.16. The van der Waals surface area contributed by atoms with Crippen LogP contribution in [0.3, 0.4) is 0 Å². The fraction of sp³-hybridized carbons (Fsp3) is 0.231. The van der Waals surface area contributed by atoms with Crippen molar-refractivity contribution in [2.45, 2.75) is 38.5 Å². The number of hydrogen-bond acceptors (Lipinski definition) is 9. The van der Waals surface area contributed by atoms with Gasteiger partial charge in [0.2, 0.25) is 16.9 Å². The van der Waals surface area contributed by atoms with Gasteiger partial charge < -0.3 is 10.6 Å². The number of rotatable bonds is 11. The first-order valence-corrected chi connectivity index (χ1v) is 13.1. The maximum atomic E-state index is 13.2. The lowest BCUT2D eigenvalue weighted by molar-refractivity contribution is -0.116. The number of nitrogens with one attached hydrogen (secondary N) is 2. The number of aryl methyl sites for hydroxylation is 2. The number of carbonyl (C=O) groups excluding carboxylic acids is 2. The Balaban J connectivity index is 1.01. The van der Waals surface area contributed by atoms with Gasteiger partial charge in [-0.2, -0.15) is 10.2 Å². The average molecular weight is 546 g/mol. The Morgan fingerprint density at radius 1 is 0.846 bits per heavy atom. The van der Waals surface area contributed by atoms with Gasteiger partial charge >= 0.3 is 0 Å². The molecule has 39 heavy (non-hydrogen) atoms. The van der Waals surface area contributed by atoms with Crippen molar-refractivity contribution in [3.63, 3.8) is 0 Å². The molecule has 0 aliphatic heterocycles. The molecule has 0 atom stereocenters. The summed E-state index contributed by atoms with van der Waals surface area (Å²) in [4.78, 5) is 28.5. The van der Waals surface area contributed by atoms with E-state index >= 15 is 0 Å². The van der Waals surface area contributed by atoms with Gasteiger partial charge in [-0.25, -0.2) is 8.91 Å². The Hall–Kier alpha value is -4.65. The molecular weight excluding hydrogens is 521 g/mol. The SMILES string of the molecule is O=C(Cc1cc(F)ccn1)Nc1ccc(CCCCc2nnc(NC(=O)Cc3cc4ccccn4n3)s2)nn1. The van der Waals surface area contributed by atoms with Crippen molar-refractivity contribution in [1.82, 2.24) is 35.0 Å². The summed E-state index contributed by atoms with van der Waals surface area (Å²) in [5.41, 5.74) is 2.76. The monoisotopic (exact) mass is 545 g/mol. The van der Waals surface area contributed by atoms with Gasteiger partial charge in [-0.1, -0.05) is 17.4 Å². The van der Waals surface area contributed by atoms with Crippen LogP contribution in [0, 0.1) is 5.82 Å². The van der Waals surface area contributed by atoms with Crippen molar-refractivity contribution in [1.29, 1.82) is 0 Å². The number of nitrogens with zero attached hydrogens (tertiary/aromatic N) is 7. The lowest BCUT2D eigenvalue weighted by atomic mass is 10.1. The molecule has 0 bridgehead atoms. The fourth-order valence-corrected chi connectivity index (χ4v) is 4.65. The lowest BCUT2D eigenvalue weighted by Gasteiger charge is -2.05. The van der Waals surface area contributed by atoms with Crippen molar-refractivity contribution in [2.75, 3.05) is 10.6 Å². The summed E-state index contributed by atoms with van der Waals surface area (Å²) in [6.07, 6.45) is 6.44. The Morgan fingerprint density at radius 2 is 1.69 bits per heavy atom. The second-order valence-corrected chi connectivity index (χ2v) is 9.80. The minimum absolute atomic E-state index is 0.0555. The van der Waals surface area contributed by atoms with E-state index in [1.165, 1.54) is 29.7 Å². The van der Waals surface area contributed by atoms with E-state index in [0.29, 0.717) is 22.3 Å². The quantitative estimate of drug-likeness (QED) is 0.241. The first-order chi connectivity index (χ1) is 19.0. The minimum Gasteiger partial charge on any atom is -0.309 e. The normalized spacial score (nSPS) is 11.0. The second-order valence-electron chi connectivity index (χ2n) is 8.74. The van der Waals surface area contributed by atoms with Crippen LogP contribution in [0.15, 0.2) is 60.9 Å². The van der Waals surface area contributed by atoms with Gasteiger partial charge in [0.1, 0.15) is 10.8 Å². The van der Waals surface area contributed by atoms with Gasteiger partial charge in [0.25, 0.3) is 0 Å². The standard InChI is InChI=1S/C26H24FN9O2S/c27-17-10-11-28-19(13-17)15-23(37)29-22-9-8-18(31-32-22)5-1-2-7-25-33-34-26(39-25)30-24(38)16-20-14-21-6-3-4-12-36(21)35-20/h3-4,6,8-14H,1-2,5,7,15-16H2,(H,29,32,37)(H,30,34,38). The van der Waals surface area contributed by atoms with E-state index in [9.17, 15) is 14.0 Å². The number of anilines is 2. The highest BCUT2D eigenvalue weighted by Crippen LogP contribution is 2.18. The third-order valence-corrected chi connectivity index (χ3v) is 6.56. The summed E-state index contributed by atoms with van der Waals surface area (Å²) >= 11 is 1.36. The number of halogens is 1. The molecule has 0 saturated carbocycles. The van der Waals surface area contributed by atoms with E-state index in [1.807, 2.05) is 36.5 Å². The number of unbranched alkanes of at least 4 members (excludes halogenated alkanes) is 1. The van der Waals surface area contributed by atoms with Gasteiger partial charge in [0.15, 0.2) is 5.82 Å². The van der Waals surface area contributed by atoms with Crippen molar-refractivity contribution in [2.24, 2.45) is 0 Å². The summed E-state index contributed by atoms with van der Waals surface area (Å²) in [6, 6.07) is 13.6. The van der Waals surface area contributed by atoms with E-state index in [-0.39, 0.29) is 24.7 Å². The van der Waals surface area contributed by atoms with Crippen LogP contribution in [0.2, 0.25) is 0 Å². The van der Waals surface area contributed by atoms with Crippen LogP contribution < -0.4 is 10.6 Å². The number of aromatic nitrogens is 7. The maximum Gasteiger partial charge on any atom is 0.232 e. The highest BCUT2D eigenvalue weighted by atomic mass is 32.1. The zero-order valence-electron chi connectivity index (χ0n) is 20.7. The molecule has 0 saturated heterocycles. The van der Waals surface area contributed by atoms with Gasteiger partial charge in [-0.15, -0.1) is 15.3 Å². The van der Waals surface area contributed by atoms with Gasteiger partial charge in [-0.3, -0.25) is 14.6 Å². The van der Waals surface area contributed by atoms with Crippen LogP contribution >= 0.6 is 11.3 Å². The summed E-state index contributed by atoms with van der Waals surface area (Å²) in [7, 11) is 0. The Labute approximate surface area is 226 Å². The number of amides is 2. The first kappa shape index (κ1) is 26.0. The summed E-state index contributed by atoms with van der Waals surface area (Å²) in [5, 5.41) is 27.6. The highest BCUT2D eigenvalue weighted by molar-refractivity contribution is 7.15. The molecule has 0 unspecified atom stereocenters. The van der Waals surface area contributed by atoms with Crippen LogP contribution in [-0.2, 0) is 35.3 Å². The number of carbonyl (C=O) groups is 2. The molecule has 0 spiro atoms. The zero-order chi connectivity index (χ0) is 27.0. The molecule has 13 heteroatoms. The molecule has 5 aromatic heterocycles. The fourth-order valence-electron chi connectivity index (χ4n) is 3.85. The molecule has 2 N–H and O–H groups in total. The van der Waals surface area contributed by atoms with E-state index in [0.717, 1.165) is 41.9 Å². The molecule has 0 aliphatic carbocycles.